The molecular formula is C25H17N. The van der Waals surface area contributed by atoms with Crippen LogP contribution in [0.4, 0.5) is 0 Å². The van der Waals surface area contributed by atoms with E-state index in [9.17, 15) is 0 Å². The summed E-state index contributed by atoms with van der Waals surface area (Å²) in [6, 6.07) is 36.1. The van der Waals surface area contributed by atoms with Crippen molar-refractivity contribution in [1.29, 1.82) is 0 Å². The maximum absolute atomic E-state index is 4.83. The lowest BCUT2D eigenvalue weighted by atomic mass is 9.94. The fourth-order valence-corrected chi connectivity index (χ4v) is 3.61. The average molecular weight is 331 g/mol. The van der Waals surface area contributed by atoms with Gasteiger partial charge in [-0.2, -0.15) is 0 Å². The molecule has 5 rings (SSSR count). The fourth-order valence-electron chi connectivity index (χ4n) is 3.61. The van der Waals surface area contributed by atoms with E-state index in [1.165, 1.54) is 33.0 Å². The molecule has 122 valence electrons. The fraction of sp³-hybridized carbons (Fsp3) is 0. The molecule has 0 saturated heterocycles. The molecule has 0 saturated carbocycles. The standard InChI is InChI=1S/C25H17N/c1-2-8-18(9-3-1)19-14-16-20(17-15-19)25-21-10-4-6-12-23(21)26-24-13-7-5-11-22(24)25/h1-17H. The Morgan fingerprint density at radius 1 is 0.385 bits per heavy atom. The zero-order valence-corrected chi connectivity index (χ0v) is 14.3. The molecule has 1 nitrogen and oxygen atoms in total. The third kappa shape index (κ3) is 2.46. The topological polar surface area (TPSA) is 12.9 Å². The molecule has 5 aromatic rings. The first-order chi connectivity index (χ1) is 12.9. The van der Waals surface area contributed by atoms with E-state index < -0.39 is 0 Å². The van der Waals surface area contributed by atoms with Gasteiger partial charge >= 0.3 is 0 Å². The van der Waals surface area contributed by atoms with Crippen LogP contribution >= 0.6 is 0 Å². The minimum Gasteiger partial charge on any atom is -0.248 e. The Labute approximate surface area is 152 Å². The van der Waals surface area contributed by atoms with Crippen molar-refractivity contribution in [2.75, 3.05) is 0 Å². The summed E-state index contributed by atoms with van der Waals surface area (Å²) < 4.78 is 0. The summed E-state index contributed by atoms with van der Waals surface area (Å²) >= 11 is 0. The van der Waals surface area contributed by atoms with Gasteiger partial charge in [-0.1, -0.05) is 91.0 Å². The Morgan fingerprint density at radius 3 is 1.46 bits per heavy atom. The maximum atomic E-state index is 4.83. The molecule has 0 aliphatic heterocycles. The minimum atomic E-state index is 1.04. The second-order valence-corrected chi connectivity index (χ2v) is 6.46. The molecule has 1 heterocycles. The number of fused-ring (bicyclic) bond motifs is 2. The molecule has 26 heavy (non-hydrogen) atoms. The quantitative estimate of drug-likeness (QED) is 0.327. The van der Waals surface area contributed by atoms with Gasteiger partial charge in [-0.05, 0) is 28.8 Å². The van der Waals surface area contributed by atoms with Crippen molar-refractivity contribution in [2.24, 2.45) is 0 Å². The summed E-state index contributed by atoms with van der Waals surface area (Å²) in [6.07, 6.45) is 0. The van der Waals surface area contributed by atoms with Crippen LogP contribution in [0.25, 0.3) is 44.1 Å². The van der Waals surface area contributed by atoms with Crippen molar-refractivity contribution in [1.82, 2.24) is 4.98 Å². The van der Waals surface area contributed by atoms with Gasteiger partial charge in [0.05, 0.1) is 11.0 Å². The van der Waals surface area contributed by atoms with E-state index in [1.54, 1.807) is 0 Å². The van der Waals surface area contributed by atoms with Crippen molar-refractivity contribution < 1.29 is 0 Å². The zero-order chi connectivity index (χ0) is 17.3. The minimum absolute atomic E-state index is 1.04. The monoisotopic (exact) mass is 331 g/mol. The second kappa shape index (κ2) is 6.12. The van der Waals surface area contributed by atoms with Gasteiger partial charge in [-0.3, -0.25) is 0 Å². The van der Waals surface area contributed by atoms with Crippen LogP contribution < -0.4 is 0 Å². The maximum Gasteiger partial charge on any atom is 0.0715 e. The Morgan fingerprint density at radius 2 is 0.846 bits per heavy atom. The summed E-state index contributed by atoms with van der Waals surface area (Å²) in [4.78, 5) is 4.83. The molecule has 1 heteroatoms. The van der Waals surface area contributed by atoms with E-state index in [1.807, 2.05) is 18.2 Å². The van der Waals surface area contributed by atoms with Crippen molar-refractivity contribution in [3.8, 4) is 22.3 Å². The number of hydrogen-bond acceptors (Lipinski definition) is 1. The Kier molecular flexibility index (Phi) is 3.50. The summed E-state index contributed by atoms with van der Waals surface area (Å²) in [5.41, 5.74) is 7.02. The number of nitrogens with zero attached hydrogens (tertiary/aromatic N) is 1. The SMILES string of the molecule is c1ccc(-c2ccc(-c3c4ccccc4nc4ccccc34)cc2)cc1. The molecular weight excluding hydrogens is 314 g/mol. The summed E-state index contributed by atoms with van der Waals surface area (Å²) in [5.74, 6) is 0. The van der Waals surface area contributed by atoms with Gasteiger partial charge in [-0.15, -0.1) is 0 Å². The zero-order valence-electron chi connectivity index (χ0n) is 14.3. The van der Waals surface area contributed by atoms with E-state index in [4.69, 9.17) is 4.98 Å². The Balaban J connectivity index is 1.75. The van der Waals surface area contributed by atoms with Crippen LogP contribution in [0.5, 0.6) is 0 Å². The van der Waals surface area contributed by atoms with E-state index >= 15 is 0 Å². The first-order valence-electron chi connectivity index (χ1n) is 8.83. The number of rotatable bonds is 2. The lowest BCUT2D eigenvalue weighted by molar-refractivity contribution is 1.49. The molecule has 0 N–H and O–H groups in total. The van der Waals surface area contributed by atoms with Crippen LogP contribution in [0, 0.1) is 0 Å². The molecule has 4 aromatic carbocycles. The normalized spacial score (nSPS) is 11.1. The highest BCUT2D eigenvalue weighted by Gasteiger charge is 2.10. The highest BCUT2D eigenvalue weighted by atomic mass is 14.7. The van der Waals surface area contributed by atoms with Crippen LogP contribution in [-0.2, 0) is 0 Å². The average Bonchev–Trinajstić information content (AvgIpc) is 2.73. The van der Waals surface area contributed by atoms with Crippen LogP contribution in [0.2, 0.25) is 0 Å². The smallest absolute Gasteiger partial charge is 0.0715 e. The number of aromatic nitrogens is 1. The highest BCUT2D eigenvalue weighted by molar-refractivity contribution is 6.09. The van der Waals surface area contributed by atoms with Gasteiger partial charge in [0.25, 0.3) is 0 Å². The van der Waals surface area contributed by atoms with Crippen molar-refractivity contribution in [3.63, 3.8) is 0 Å². The number of para-hydroxylation sites is 2. The number of benzene rings is 4. The first kappa shape index (κ1) is 14.9. The molecule has 0 bridgehead atoms. The molecule has 0 aliphatic rings. The van der Waals surface area contributed by atoms with Crippen LogP contribution in [0.15, 0.2) is 103 Å². The lowest BCUT2D eigenvalue weighted by Gasteiger charge is -2.12. The van der Waals surface area contributed by atoms with E-state index in [0.717, 1.165) is 11.0 Å². The van der Waals surface area contributed by atoms with Gasteiger partial charge in [0, 0.05) is 16.3 Å². The van der Waals surface area contributed by atoms with Crippen molar-refractivity contribution >= 4 is 21.8 Å². The Hall–Kier alpha value is -3.45. The van der Waals surface area contributed by atoms with Crippen LogP contribution in [0.3, 0.4) is 0 Å². The predicted molar refractivity (Wildman–Crippen MR) is 110 cm³/mol. The highest BCUT2D eigenvalue weighted by Crippen LogP contribution is 2.35. The largest absolute Gasteiger partial charge is 0.248 e. The van der Waals surface area contributed by atoms with Gasteiger partial charge in [0.15, 0.2) is 0 Å². The molecule has 0 amide bonds. The lowest BCUT2D eigenvalue weighted by Crippen LogP contribution is -1.89. The van der Waals surface area contributed by atoms with Crippen molar-refractivity contribution in [2.45, 2.75) is 0 Å². The third-order valence-electron chi connectivity index (χ3n) is 4.87. The molecule has 0 unspecified atom stereocenters. The van der Waals surface area contributed by atoms with E-state index in [-0.39, 0.29) is 0 Å². The molecule has 0 fully saturated rings. The molecule has 1 aromatic heterocycles. The van der Waals surface area contributed by atoms with E-state index in [0.29, 0.717) is 0 Å². The Bertz CT molecular complexity index is 1150. The first-order valence-corrected chi connectivity index (χ1v) is 8.83. The number of pyridine rings is 1. The molecule has 0 atom stereocenters. The van der Waals surface area contributed by atoms with Gasteiger partial charge < -0.3 is 0 Å². The van der Waals surface area contributed by atoms with Crippen LogP contribution in [-0.4, -0.2) is 4.98 Å². The molecule has 0 aliphatic carbocycles. The molecule has 0 radical (unpaired) electrons. The summed E-state index contributed by atoms with van der Waals surface area (Å²) in [6.45, 7) is 0. The van der Waals surface area contributed by atoms with Gasteiger partial charge in [0.2, 0.25) is 0 Å². The summed E-state index contributed by atoms with van der Waals surface area (Å²) in [5, 5.41) is 2.39. The summed E-state index contributed by atoms with van der Waals surface area (Å²) in [7, 11) is 0. The predicted octanol–water partition coefficient (Wildman–Crippen LogP) is 6.72. The van der Waals surface area contributed by atoms with Gasteiger partial charge in [-0.25, -0.2) is 4.98 Å². The van der Waals surface area contributed by atoms with Crippen molar-refractivity contribution in [3.05, 3.63) is 103 Å². The third-order valence-corrected chi connectivity index (χ3v) is 4.87. The molecule has 0 spiro atoms. The van der Waals surface area contributed by atoms with Gasteiger partial charge in [0.1, 0.15) is 0 Å². The second-order valence-electron chi connectivity index (χ2n) is 6.46. The number of hydrogen-bond donors (Lipinski definition) is 0. The van der Waals surface area contributed by atoms with Crippen LogP contribution in [0.1, 0.15) is 0 Å². The van der Waals surface area contributed by atoms with E-state index in [2.05, 4.69) is 84.9 Å².